The van der Waals surface area contributed by atoms with Gasteiger partial charge in [0.25, 0.3) is 0 Å². The summed E-state index contributed by atoms with van der Waals surface area (Å²) in [7, 11) is 3.91. The van der Waals surface area contributed by atoms with Crippen LogP contribution in [0.3, 0.4) is 0 Å². The number of aromatic nitrogens is 2. The first kappa shape index (κ1) is 15.9. The molecule has 22 heavy (non-hydrogen) atoms. The van der Waals surface area contributed by atoms with Crippen LogP contribution in [0.25, 0.3) is 11.4 Å². The van der Waals surface area contributed by atoms with E-state index in [4.69, 9.17) is 0 Å². The number of carbonyl (C=O) groups is 1. The van der Waals surface area contributed by atoms with Crippen LogP contribution in [0.15, 0.2) is 54.7 Å². The Bertz CT molecular complexity index is 638. The Morgan fingerprint density at radius 1 is 1.18 bits per heavy atom. The normalized spacial score (nSPS) is 11.0. The second-order valence-electron chi connectivity index (χ2n) is 5.11. The summed E-state index contributed by atoms with van der Waals surface area (Å²) in [6.45, 7) is 1.13. The van der Waals surface area contributed by atoms with Crippen molar-refractivity contribution in [3.05, 3.63) is 60.4 Å². The molecule has 2 aromatic rings. The highest BCUT2D eigenvalue weighted by Gasteiger charge is 2.02. The number of hydrogen-bond donors (Lipinski definition) is 1. The van der Waals surface area contributed by atoms with Gasteiger partial charge in [0.2, 0.25) is 5.91 Å². The van der Waals surface area contributed by atoms with E-state index in [1.165, 1.54) is 0 Å². The van der Waals surface area contributed by atoms with Gasteiger partial charge < -0.3 is 10.2 Å². The van der Waals surface area contributed by atoms with E-state index < -0.39 is 0 Å². The lowest BCUT2D eigenvalue weighted by molar-refractivity contribution is -0.116. The average Bonchev–Trinajstić information content (AvgIpc) is 2.54. The monoisotopic (exact) mass is 296 g/mol. The Balaban J connectivity index is 1.94. The molecule has 0 aliphatic carbocycles. The van der Waals surface area contributed by atoms with Gasteiger partial charge in [-0.05, 0) is 38.4 Å². The van der Waals surface area contributed by atoms with Crippen molar-refractivity contribution < 1.29 is 4.79 Å². The van der Waals surface area contributed by atoms with Crippen LogP contribution >= 0.6 is 0 Å². The van der Waals surface area contributed by atoms with E-state index in [1.54, 1.807) is 12.3 Å². The predicted molar refractivity (Wildman–Crippen MR) is 87.0 cm³/mol. The molecule has 0 radical (unpaired) electrons. The van der Waals surface area contributed by atoms with Crippen molar-refractivity contribution in [3.63, 3.8) is 0 Å². The number of hydrogen-bond acceptors (Lipinski definition) is 4. The molecule has 0 aliphatic rings. The van der Waals surface area contributed by atoms with Crippen molar-refractivity contribution >= 4 is 5.91 Å². The Morgan fingerprint density at radius 3 is 2.73 bits per heavy atom. The van der Waals surface area contributed by atoms with E-state index in [-0.39, 0.29) is 5.91 Å². The van der Waals surface area contributed by atoms with Crippen molar-refractivity contribution in [3.8, 4) is 11.4 Å². The average molecular weight is 296 g/mol. The topological polar surface area (TPSA) is 58.1 Å². The van der Waals surface area contributed by atoms with Crippen LogP contribution in [0.2, 0.25) is 0 Å². The van der Waals surface area contributed by atoms with Gasteiger partial charge in [-0.25, -0.2) is 4.98 Å². The molecule has 0 saturated heterocycles. The molecule has 2 rings (SSSR count). The SMILES string of the molecule is CN(C)C/C=C/C(=O)NCc1cccc(-c2ccccn2)n1. The maximum atomic E-state index is 11.7. The fourth-order valence-corrected chi connectivity index (χ4v) is 1.84. The molecule has 0 fully saturated rings. The zero-order chi connectivity index (χ0) is 15.8. The van der Waals surface area contributed by atoms with E-state index in [0.29, 0.717) is 6.54 Å². The third-order valence-electron chi connectivity index (χ3n) is 2.92. The highest BCUT2D eigenvalue weighted by atomic mass is 16.1. The number of nitrogens with one attached hydrogen (secondary N) is 1. The zero-order valence-corrected chi connectivity index (χ0v) is 12.9. The lowest BCUT2D eigenvalue weighted by Crippen LogP contribution is -2.21. The summed E-state index contributed by atoms with van der Waals surface area (Å²) in [5, 5.41) is 2.82. The number of nitrogens with zero attached hydrogens (tertiary/aromatic N) is 3. The molecule has 5 nitrogen and oxygen atoms in total. The van der Waals surface area contributed by atoms with E-state index in [0.717, 1.165) is 23.6 Å². The maximum absolute atomic E-state index is 11.7. The van der Waals surface area contributed by atoms with E-state index in [9.17, 15) is 4.79 Å². The van der Waals surface area contributed by atoms with Crippen molar-refractivity contribution in [1.29, 1.82) is 0 Å². The second-order valence-corrected chi connectivity index (χ2v) is 5.11. The van der Waals surface area contributed by atoms with Crippen molar-refractivity contribution in [2.45, 2.75) is 6.54 Å². The predicted octanol–water partition coefficient (Wildman–Crippen LogP) is 1.88. The summed E-state index contributed by atoms with van der Waals surface area (Å²) in [4.78, 5) is 22.5. The molecule has 5 heteroatoms. The van der Waals surface area contributed by atoms with Gasteiger partial charge in [0.05, 0.1) is 23.6 Å². The molecule has 0 bridgehead atoms. The van der Waals surface area contributed by atoms with Gasteiger partial charge in [-0.2, -0.15) is 0 Å². The first-order chi connectivity index (χ1) is 10.6. The molecule has 0 spiro atoms. The van der Waals surface area contributed by atoms with Crippen molar-refractivity contribution in [1.82, 2.24) is 20.2 Å². The number of likely N-dealkylation sites (N-methyl/N-ethyl adjacent to an activating group) is 1. The van der Waals surface area contributed by atoms with Crippen LogP contribution < -0.4 is 5.32 Å². The number of pyridine rings is 2. The van der Waals surface area contributed by atoms with Gasteiger partial charge in [0, 0.05) is 18.8 Å². The summed E-state index contributed by atoms with van der Waals surface area (Å²) in [5.74, 6) is -0.119. The quantitative estimate of drug-likeness (QED) is 0.827. The Labute approximate surface area is 130 Å². The van der Waals surface area contributed by atoms with Gasteiger partial charge in [-0.15, -0.1) is 0 Å². The van der Waals surface area contributed by atoms with Crippen molar-refractivity contribution in [2.24, 2.45) is 0 Å². The Hall–Kier alpha value is -2.53. The maximum Gasteiger partial charge on any atom is 0.244 e. The molecule has 0 atom stereocenters. The molecule has 1 N–H and O–H groups in total. The Kier molecular flexibility index (Phi) is 5.80. The molecule has 114 valence electrons. The largest absolute Gasteiger partial charge is 0.347 e. The molecular formula is C17H20N4O. The van der Waals surface area contributed by atoms with Gasteiger partial charge in [0.15, 0.2) is 0 Å². The Morgan fingerprint density at radius 2 is 2.00 bits per heavy atom. The van der Waals surface area contributed by atoms with Crippen LogP contribution in [0.1, 0.15) is 5.69 Å². The molecular weight excluding hydrogens is 276 g/mol. The molecule has 2 aromatic heterocycles. The highest BCUT2D eigenvalue weighted by molar-refractivity contribution is 5.87. The summed E-state index contributed by atoms with van der Waals surface area (Å²) in [6.07, 6.45) is 5.11. The number of carbonyl (C=O) groups excluding carboxylic acids is 1. The van der Waals surface area contributed by atoms with E-state index >= 15 is 0 Å². The van der Waals surface area contributed by atoms with Crippen LogP contribution in [0.4, 0.5) is 0 Å². The van der Waals surface area contributed by atoms with Crippen LogP contribution in [-0.2, 0) is 11.3 Å². The van der Waals surface area contributed by atoms with Gasteiger partial charge in [0.1, 0.15) is 0 Å². The minimum Gasteiger partial charge on any atom is -0.347 e. The van der Waals surface area contributed by atoms with E-state index in [1.807, 2.05) is 61.5 Å². The lowest BCUT2D eigenvalue weighted by atomic mass is 10.2. The molecule has 2 heterocycles. The second kappa shape index (κ2) is 8.05. The van der Waals surface area contributed by atoms with Crippen molar-refractivity contribution in [2.75, 3.05) is 20.6 Å². The minimum atomic E-state index is -0.119. The van der Waals surface area contributed by atoms with Gasteiger partial charge >= 0.3 is 0 Å². The van der Waals surface area contributed by atoms with E-state index in [2.05, 4.69) is 15.3 Å². The van der Waals surface area contributed by atoms with Gasteiger partial charge in [-0.3, -0.25) is 9.78 Å². The zero-order valence-electron chi connectivity index (χ0n) is 12.9. The molecule has 1 amide bonds. The third-order valence-corrected chi connectivity index (χ3v) is 2.92. The molecule has 0 aliphatic heterocycles. The summed E-state index contributed by atoms with van der Waals surface area (Å²) in [6, 6.07) is 11.4. The fraction of sp³-hybridized carbons (Fsp3) is 0.235. The summed E-state index contributed by atoms with van der Waals surface area (Å²) < 4.78 is 0. The smallest absolute Gasteiger partial charge is 0.244 e. The number of amides is 1. The molecule has 0 unspecified atom stereocenters. The fourth-order valence-electron chi connectivity index (χ4n) is 1.84. The lowest BCUT2D eigenvalue weighted by Gasteiger charge is -2.06. The highest BCUT2D eigenvalue weighted by Crippen LogP contribution is 2.13. The standard InChI is InChI=1S/C17H20N4O/c1-21(2)12-6-10-17(22)19-13-14-7-5-9-16(20-14)15-8-3-4-11-18-15/h3-11H,12-13H2,1-2H3,(H,19,22)/b10-6+. The summed E-state index contributed by atoms with van der Waals surface area (Å²) in [5.41, 5.74) is 2.43. The molecule has 0 aromatic carbocycles. The first-order valence-corrected chi connectivity index (χ1v) is 7.11. The van der Waals surface area contributed by atoms with Gasteiger partial charge in [-0.1, -0.05) is 18.2 Å². The summed E-state index contributed by atoms with van der Waals surface area (Å²) >= 11 is 0. The van der Waals surface area contributed by atoms with Crippen LogP contribution in [0, 0.1) is 0 Å². The molecule has 0 saturated carbocycles. The van der Waals surface area contributed by atoms with Crippen LogP contribution in [-0.4, -0.2) is 41.4 Å². The third kappa shape index (κ3) is 5.10. The number of rotatable bonds is 6. The minimum absolute atomic E-state index is 0.119. The van der Waals surface area contributed by atoms with Crippen LogP contribution in [0.5, 0.6) is 0 Å². The first-order valence-electron chi connectivity index (χ1n) is 7.11.